The number of rotatable bonds is 5. The Morgan fingerprint density at radius 1 is 0.933 bits per heavy atom. The molecule has 8 heteroatoms. The first kappa shape index (κ1) is 20.5. The number of piperazine rings is 1. The molecule has 0 N–H and O–H groups in total. The molecule has 2 saturated heterocycles. The van der Waals surface area contributed by atoms with Gasteiger partial charge in [0.15, 0.2) is 0 Å². The van der Waals surface area contributed by atoms with Crippen molar-refractivity contribution >= 4 is 29.2 Å². The van der Waals surface area contributed by atoms with E-state index in [1.807, 2.05) is 23.1 Å². The van der Waals surface area contributed by atoms with Crippen molar-refractivity contribution < 1.29 is 14.0 Å². The van der Waals surface area contributed by atoms with Crippen LogP contribution in [0.2, 0.25) is 5.02 Å². The minimum absolute atomic E-state index is 0.0299. The molecule has 2 aliphatic heterocycles. The van der Waals surface area contributed by atoms with Crippen LogP contribution in [0.5, 0.6) is 0 Å². The van der Waals surface area contributed by atoms with Crippen molar-refractivity contribution in [1.29, 1.82) is 0 Å². The van der Waals surface area contributed by atoms with Gasteiger partial charge < -0.3 is 19.6 Å². The van der Waals surface area contributed by atoms with Crippen LogP contribution >= 0.6 is 11.6 Å². The van der Waals surface area contributed by atoms with E-state index in [1.165, 1.54) is 12.1 Å². The van der Waals surface area contributed by atoms with Gasteiger partial charge in [-0.05, 0) is 29.8 Å². The Kier molecular flexibility index (Phi) is 6.08. The molecule has 0 radical (unpaired) electrons. The van der Waals surface area contributed by atoms with Crippen LogP contribution < -0.4 is 4.90 Å². The number of amides is 3. The first-order valence-electron chi connectivity index (χ1n) is 10.1. The molecular formula is C22H24ClFN4O2. The molecule has 0 aromatic heterocycles. The maximum atomic E-state index is 13.2. The molecular weight excluding hydrogens is 407 g/mol. The van der Waals surface area contributed by atoms with Gasteiger partial charge in [0.1, 0.15) is 12.4 Å². The monoisotopic (exact) mass is 430 g/mol. The average molecular weight is 431 g/mol. The molecule has 2 heterocycles. The number of benzene rings is 2. The predicted octanol–water partition coefficient (Wildman–Crippen LogP) is 3.07. The van der Waals surface area contributed by atoms with E-state index in [9.17, 15) is 14.0 Å². The van der Waals surface area contributed by atoms with Gasteiger partial charge >= 0.3 is 6.03 Å². The molecule has 2 aromatic carbocycles. The first-order valence-corrected chi connectivity index (χ1v) is 10.4. The zero-order chi connectivity index (χ0) is 21.1. The van der Waals surface area contributed by atoms with Crippen LogP contribution in [0.15, 0.2) is 48.5 Å². The lowest BCUT2D eigenvalue weighted by Crippen LogP contribution is -2.51. The van der Waals surface area contributed by atoms with Gasteiger partial charge in [-0.25, -0.2) is 9.18 Å². The van der Waals surface area contributed by atoms with Crippen LogP contribution in [0.1, 0.15) is 5.56 Å². The number of carbonyl (C=O) groups excluding carboxylic acids is 2. The highest BCUT2D eigenvalue weighted by atomic mass is 35.5. The smallest absolute Gasteiger partial charge is 0.320 e. The van der Waals surface area contributed by atoms with Crippen LogP contribution in [0, 0.1) is 5.82 Å². The van der Waals surface area contributed by atoms with E-state index in [1.54, 1.807) is 15.9 Å². The third-order valence-corrected chi connectivity index (χ3v) is 5.99. The molecule has 0 saturated carbocycles. The van der Waals surface area contributed by atoms with E-state index in [0.29, 0.717) is 43.3 Å². The molecule has 4 rings (SSSR count). The fourth-order valence-electron chi connectivity index (χ4n) is 3.90. The van der Waals surface area contributed by atoms with Gasteiger partial charge in [-0.15, -0.1) is 0 Å². The summed E-state index contributed by atoms with van der Waals surface area (Å²) in [5.74, 6) is -0.436. The minimum atomic E-state index is -0.406. The van der Waals surface area contributed by atoms with Crippen LogP contribution in [0.4, 0.5) is 14.9 Å². The molecule has 2 aliphatic rings. The highest BCUT2D eigenvalue weighted by molar-refractivity contribution is 6.31. The molecule has 3 amide bonds. The quantitative estimate of drug-likeness (QED) is 0.732. The van der Waals surface area contributed by atoms with Gasteiger partial charge in [-0.3, -0.25) is 4.79 Å². The number of hydrogen-bond donors (Lipinski definition) is 0. The summed E-state index contributed by atoms with van der Waals surface area (Å²) in [7, 11) is 0. The third kappa shape index (κ3) is 4.51. The zero-order valence-electron chi connectivity index (χ0n) is 16.6. The van der Waals surface area contributed by atoms with Crippen molar-refractivity contribution in [3.05, 3.63) is 64.9 Å². The Morgan fingerprint density at radius 3 is 2.33 bits per heavy atom. The topological polar surface area (TPSA) is 47.1 Å². The Bertz CT molecular complexity index is 919. The average Bonchev–Trinajstić information content (AvgIpc) is 3.10. The first-order chi connectivity index (χ1) is 14.5. The highest BCUT2D eigenvalue weighted by Crippen LogP contribution is 2.22. The van der Waals surface area contributed by atoms with Gasteiger partial charge in [0.25, 0.3) is 0 Å². The number of urea groups is 1. The summed E-state index contributed by atoms with van der Waals surface area (Å²) in [6.07, 6.45) is 0. The van der Waals surface area contributed by atoms with E-state index in [4.69, 9.17) is 11.6 Å². The molecule has 2 aromatic rings. The molecule has 30 heavy (non-hydrogen) atoms. The SMILES string of the molecule is O=C(CN1CCN(Cc2ccc(F)cc2Cl)C1=O)N1CCN(c2ccccc2)CC1. The van der Waals surface area contributed by atoms with E-state index >= 15 is 0 Å². The van der Waals surface area contributed by atoms with Gasteiger partial charge in [-0.2, -0.15) is 0 Å². The summed E-state index contributed by atoms with van der Waals surface area (Å²) >= 11 is 6.08. The summed E-state index contributed by atoms with van der Waals surface area (Å²) in [5.41, 5.74) is 1.85. The molecule has 0 unspecified atom stereocenters. The van der Waals surface area contributed by atoms with E-state index in [-0.39, 0.29) is 18.5 Å². The number of halogens is 2. The Labute approximate surface area is 180 Å². The zero-order valence-corrected chi connectivity index (χ0v) is 17.4. The number of nitrogens with zero attached hydrogens (tertiary/aromatic N) is 4. The number of hydrogen-bond acceptors (Lipinski definition) is 3. The van der Waals surface area contributed by atoms with Crippen LogP contribution in [0.3, 0.4) is 0 Å². The molecule has 0 atom stereocenters. The second-order valence-corrected chi connectivity index (χ2v) is 7.97. The van der Waals surface area contributed by atoms with Crippen molar-refractivity contribution in [2.45, 2.75) is 6.54 Å². The van der Waals surface area contributed by atoms with Gasteiger partial charge in [0, 0.05) is 56.5 Å². The molecule has 0 bridgehead atoms. The second-order valence-electron chi connectivity index (χ2n) is 7.56. The van der Waals surface area contributed by atoms with Crippen molar-refractivity contribution in [1.82, 2.24) is 14.7 Å². The number of carbonyl (C=O) groups is 2. The minimum Gasteiger partial charge on any atom is -0.368 e. The van der Waals surface area contributed by atoms with Gasteiger partial charge in [0.05, 0.1) is 0 Å². The van der Waals surface area contributed by atoms with Crippen molar-refractivity contribution in [3.8, 4) is 0 Å². The van der Waals surface area contributed by atoms with Crippen LogP contribution in [-0.2, 0) is 11.3 Å². The summed E-state index contributed by atoms with van der Waals surface area (Å²) in [4.78, 5) is 32.7. The number of para-hydroxylation sites is 1. The molecule has 158 valence electrons. The lowest BCUT2D eigenvalue weighted by molar-refractivity contribution is -0.131. The third-order valence-electron chi connectivity index (χ3n) is 5.64. The summed E-state index contributed by atoms with van der Waals surface area (Å²) in [6, 6.07) is 14.1. The van der Waals surface area contributed by atoms with E-state index in [0.717, 1.165) is 18.8 Å². The molecule has 2 fully saturated rings. The maximum Gasteiger partial charge on any atom is 0.320 e. The lowest BCUT2D eigenvalue weighted by Gasteiger charge is -2.36. The Morgan fingerprint density at radius 2 is 1.63 bits per heavy atom. The summed E-state index contributed by atoms with van der Waals surface area (Å²) in [6.45, 7) is 4.23. The Hall–Kier alpha value is -2.80. The van der Waals surface area contributed by atoms with Gasteiger partial charge in [0.2, 0.25) is 5.91 Å². The van der Waals surface area contributed by atoms with Crippen molar-refractivity contribution in [3.63, 3.8) is 0 Å². The predicted molar refractivity (Wildman–Crippen MR) is 114 cm³/mol. The standard InChI is InChI=1S/C22H24ClFN4O2/c23-20-14-18(24)7-6-17(20)15-27-12-13-28(22(27)30)16-21(29)26-10-8-25(9-11-26)19-4-2-1-3-5-19/h1-7,14H,8-13,15-16H2. The van der Waals surface area contributed by atoms with Crippen LogP contribution in [0.25, 0.3) is 0 Å². The highest BCUT2D eigenvalue weighted by Gasteiger charge is 2.32. The Balaban J connectivity index is 1.28. The summed E-state index contributed by atoms with van der Waals surface area (Å²) in [5, 5.41) is 0.300. The maximum absolute atomic E-state index is 13.2. The lowest BCUT2D eigenvalue weighted by atomic mass is 10.2. The van der Waals surface area contributed by atoms with Gasteiger partial charge in [-0.1, -0.05) is 35.9 Å². The van der Waals surface area contributed by atoms with Crippen molar-refractivity contribution in [2.75, 3.05) is 50.7 Å². The van der Waals surface area contributed by atoms with Crippen molar-refractivity contribution in [2.24, 2.45) is 0 Å². The second kappa shape index (κ2) is 8.92. The summed E-state index contributed by atoms with van der Waals surface area (Å²) < 4.78 is 13.2. The number of anilines is 1. The van der Waals surface area contributed by atoms with E-state index < -0.39 is 5.82 Å². The molecule has 0 spiro atoms. The molecule has 6 nitrogen and oxygen atoms in total. The van der Waals surface area contributed by atoms with E-state index in [2.05, 4.69) is 17.0 Å². The van der Waals surface area contributed by atoms with Crippen LogP contribution in [-0.4, -0.2) is 72.5 Å². The molecule has 0 aliphatic carbocycles. The fourth-order valence-corrected chi connectivity index (χ4v) is 4.12. The normalized spacial score (nSPS) is 17.1. The largest absolute Gasteiger partial charge is 0.368 e. The fraction of sp³-hybridized carbons (Fsp3) is 0.364.